The molecule has 1 amide bonds. The van der Waals surface area contributed by atoms with E-state index in [1.807, 2.05) is 6.92 Å². The predicted molar refractivity (Wildman–Crippen MR) is 82.9 cm³/mol. The lowest BCUT2D eigenvalue weighted by Crippen LogP contribution is -2.28. The van der Waals surface area contributed by atoms with E-state index in [0.29, 0.717) is 10.9 Å². The molecule has 2 rings (SSSR count). The third-order valence-electron chi connectivity index (χ3n) is 2.68. The van der Waals surface area contributed by atoms with Crippen LogP contribution in [0, 0.1) is 0 Å². The molecule has 0 saturated carbocycles. The summed E-state index contributed by atoms with van der Waals surface area (Å²) in [5, 5.41) is 3.07. The summed E-state index contributed by atoms with van der Waals surface area (Å²) in [7, 11) is 0. The predicted octanol–water partition coefficient (Wildman–Crippen LogP) is 3.13. The van der Waals surface area contributed by atoms with Gasteiger partial charge in [-0.25, -0.2) is 0 Å². The molecule has 0 bridgehead atoms. The van der Waals surface area contributed by atoms with Gasteiger partial charge < -0.3 is 4.90 Å². The van der Waals surface area contributed by atoms with Crippen LogP contribution in [0.1, 0.15) is 13.8 Å². The molecule has 18 heavy (non-hydrogen) atoms. The molecule has 1 fully saturated rings. The number of hydrogen-bond acceptors (Lipinski definition) is 5. The van der Waals surface area contributed by atoms with Gasteiger partial charge in [0.25, 0.3) is 5.91 Å². The zero-order chi connectivity index (χ0) is 13.3. The Kier molecular flexibility index (Phi) is 4.19. The number of nitrogens with zero attached hydrogens (tertiary/aromatic N) is 2. The van der Waals surface area contributed by atoms with Gasteiger partial charge >= 0.3 is 0 Å². The van der Waals surface area contributed by atoms with Crippen LogP contribution in [-0.2, 0) is 4.79 Å². The molecule has 3 nitrogen and oxygen atoms in total. The van der Waals surface area contributed by atoms with E-state index in [2.05, 4.69) is 23.8 Å². The minimum atomic E-state index is -0.00560. The van der Waals surface area contributed by atoms with E-state index in [1.165, 1.54) is 17.5 Å². The molecule has 2 heterocycles. The fourth-order valence-electron chi connectivity index (χ4n) is 1.81. The lowest BCUT2D eigenvalue weighted by atomic mass is 10.4. The van der Waals surface area contributed by atoms with Crippen LogP contribution < -0.4 is 0 Å². The molecule has 0 N–H and O–H groups in total. The second-order valence-corrected chi connectivity index (χ2v) is 6.33. The molecule has 2 aliphatic rings. The third kappa shape index (κ3) is 2.24. The lowest BCUT2D eigenvalue weighted by molar-refractivity contribution is -0.121. The maximum absolute atomic E-state index is 12.3. The number of rotatable bonds is 3. The minimum absolute atomic E-state index is 0.00560. The summed E-state index contributed by atoms with van der Waals surface area (Å²) in [6.07, 6.45) is 1.70. The van der Waals surface area contributed by atoms with E-state index >= 15 is 0 Å². The van der Waals surface area contributed by atoms with Crippen LogP contribution >= 0.6 is 35.7 Å². The van der Waals surface area contributed by atoms with Crippen molar-refractivity contribution in [2.45, 2.75) is 13.8 Å². The highest BCUT2D eigenvalue weighted by Gasteiger charge is 2.36. The fourth-order valence-corrected chi connectivity index (χ4v) is 4.33. The molecule has 2 aliphatic heterocycles. The van der Waals surface area contributed by atoms with Crippen LogP contribution in [0.15, 0.2) is 33.7 Å². The topological polar surface area (TPSA) is 23.6 Å². The van der Waals surface area contributed by atoms with Crippen LogP contribution in [0.3, 0.4) is 0 Å². The van der Waals surface area contributed by atoms with Crippen molar-refractivity contribution in [3.63, 3.8) is 0 Å². The molecule has 0 aromatic carbocycles. The summed E-state index contributed by atoms with van der Waals surface area (Å²) >= 11 is 8.22. The van der Waals surface area contributed by atoms with Gasteiger partial charge in [-0.1, -0.05) is 41.8 Å². The van der Waals surface area contributed by atoms with Crippen LogP contribution in [0.25, 0.3) is 0 Å². The quantitative estimate of drug-likeness (QED) is 0.452. The van der Waals surface area contributed by atoms with Crippen molar-refractivity contribution in [3.05, 3.63) is 33.7 Å². The Morgan fingerprint density at radius 2 is 2.22 bits per heavy atom. The highest BCUT2D eigenvalue weighted by molar-refractivity contribution is 8.27. The van der Waals surface area contributed by atoms with Gasteiger partial charge in [-0.15, -0.1) is 6.58 Å². The molecular weight excluding hydrogens is 284 g/mol. The number of amides is 1. The second-order valence-electron chi connectivity index (χ2n) is 3.83. The van der Waals surface area contributed by atoms with Crippen molar-refractivity contribution in [3.8, 4) is 0 Å². The summed E-state index contributed by atoms with van der Waals surface area (Å²) in [6, 6.07) is 0. The smallest absolute Gasteiger partial charge is 0.269 e. The van der Waals surface area contributed by atoms with Crippen molar-refractivity contribution < 1.29 is 4.79 Å². The number of thioether (sulfide) groups is 2. The first kappa shape index (κ1) is 13.7. The molecule has 1 saturated heterocycles. The summed E-state index contributed by atoms with van der Waals surface area (Å²) in [4.78, 5) is 16.8. The summed E-state index contributed by atoms with van der Waals surface area (Å²) < 4.78 is 0.614. The highest BCUT2D eigenvalue weighted by atomic mass is 32.2. The van der Waals surface area contributed by atoms with E-state index < -0.39 is 0 Å². The average Bonchev–Trinajstić information content (AvgIpc) is 2.84. The van der Waals surface area contributed by atoms with Crippen LogP contribution in [-0.4, -0.2) is 33.1 Å². The van der Waals surface area contributed by atoms with E-state index in [4.69, 9.17) is 12.2 Å². The molecule has 0 aliphatic carbocycles. The number of allylic oxidation sites excluding steroid dienone is 1. The Bertz CT molecular complexity index is 482. The summed E-state index contributed by atoms with van der Waals surface area (Å²) in [6.45, 7) is 9.11. The fraction of sp³-hybridized carbons (Fsp3) is 0.333. The van der Waals surface area contributed by atoms with Gasteiger partial charge in [0.2, 0.25) is 0 Å². The maximum Gasteiger partial charge on any atom is 0.269 e. The first-order valence-corrected chi connectivity index (χ1v) is 7.70. The molecule has 0 aromatic heterocycles. The SMILES string of the molecule is C=CCN1C(=O)/C(=C2/SC=C(C)N2CC)SC1=S. The van der Waals surface area contributed by atoms with Crippen molar-refractivity contribution in [1.29, 1.82) is 0 Å². The van der Waals surface area contributed by atoms with E-state index in [1.54, 1.807) is 22.7 Å². The Hall–Kier alpha value is -0.720. The van der Waals surface area contributed by atoms with E-state index in [9.17, 15) is 4.79 Å². The molecule has 0 spiro atoms. The van der Waals surface area contributed by atoms with Crippen molar-refractivity contribution >= 4 is 46.0 Å². The molecule has 0 aromatic rings. The van der Waals surface area contributed by atoms with Gasteiger partial charge in [0, 0.05) is 18.8 Å². The zero-order valence-electron chi connectivity index (χ0n) is 10.3. The second kappa shape index (κ2) is 5.50. The van der Waals surface area contributed by atoms with Crippen LogP contribution in [0.5, 0.6) is 0 Å². The van der Waals surface area contributed by atoms with E-state index in [0.717, 1.165) is 16.5 Å². The maximum atomic E-state index is 12.3. The van der Waals surface area contributed by atoms with Crippen LogP contribution in [0.2, 0.25) is 0 Å². The lowest BCUT2D eigenvalue weighted by Gasteiger charge is -2.20. The molecule has 0 unspecified atom stereocenters. The standard InChI is InChI=1S/C12H14N2OS3/c1-4-6-14-10(15)9(18-12(14)16)11-13(5-2)8(3)7-17-11/h4,7H,1,5-6H2,2-3H3/b11-9-. The van der Waals surface area contributed by atoms with Gasteiger partial charge in [-0.05, 0) is 19.3 Å². The zero-order valence-corrected chi connectivity index (χ0v) is 12.8. The molecule has 0 atom stereocenters. The molecule has 6 heteroatoms. The molecule has 0 radical (unpaired) electrons. The number of carbonyl (C=O) groups excluding carboxylic acids is 1. The normalized spacial score (nSPS) is 24.0. The van der Waals surface area contributed by atoms with Gasteiger partial charge in [0.1, 0.15) is 9.23 Å². The first-order chi connectivity index (χ1) is 8.60. The Balaban J connectivity index is 2.33. The largest absolute Gasteiger partial charge is 0.339 e. The Morgan fingerprint density at radius 3 is 2.83 bits per heavy atom. The van der Waals surface area contributed by atoms with Gasteiger partial charge in [0.05, 0.1) is 5.03 Å². The van der Waals surface area contributed by atoms with Crippen molar-refractivity contribution in [1.82, 2.24) is 9.80 Å². The van der Waals surface area contributed by atoms with E-state index in [-0.39, 0.29) is 5.91 Å². The number of hydrogen-bond donors (Lipinski definition) is 0. The van der Waals surface area contributed by atoms with Crippen LogP contribution in [0.4, 0.5) is 0 Å². The Morgan fingerprint density at radius 1 is 1.50 bits per heavy atom. The Labute approximate surface area is 121 Å². The third-order valence-corrected chi connectivity index (χ3v) is 5.36. The number of thiocarbonyl (C=S) groups is 1. The average molecular weight is 298 g/mol. The number of carbonyl (C=O) groups is 1. The summed E-state index contributed by atoms with van der Waals surface area (Å²) in [5.74, 6) is -0.00560. The molecular formula is C12H14N2OS3. The van der Waals surface area contributed by atoms with Gasteiger partial charge in [-0.3, -0.25) is 9.69 Å². The van der Waals surface area contributed by atoms with Gasteiger partial charge in [-0.2, -0.15) is 0 Å². The summed E-state index contributed by atoms with van der Waals surface area (Å²) in [5.41, 5.74) is 1.17. The van der Waals surface area contributed by atoms with Crippen molar-refractivity contribution in [2.75, 3.05) is 13.1 Å². The van der Waals surface area contributed by atoms with Gasteiger partial charge in [0.15, 0.2) is 0 Å². The van der Waals surface area contributed by atoms with Crippen molar-refractivity contribution in [2.24, 2.45) is 0 Å². The molecule has 96 valence electrons. The first-order valence-electron chi connectivity index (χ1n) is 5.60. The minimum Gasteiger partial charge on any atom is -0.339 e. The highest BCUT2D eigenvalue weighted by Crippen LogP contribution is 2.43. The monoisotopic (exact) mass is 298 g/mol.